The van der Waals surface area contributed by atoms with Gasteiger partial charge in [0.25, 0.3) is 0 Å². The average Bonchev–Trinajstić information content (AvgIpc) is 4.04. The number of aliphatic hydroxyl groups is 2. The third-order valence-electron chi connectivity index (χ3n) is 14.8. The summed E-state index contributed by atoms with van der Waals surface area (Å²) in [6.07, 6.45) is -13.3. The Morgan fingerprint density at radius 1 is 1.00 bits per heavy atom. The Kier molecular flexibility index (Phi) is 14.4. The molecular weight excluding hydrogens is 1000 g/mol. The number of rotatable bonds is 13. The molecule has 3 saturated heterocycles. The molecule has 0 bridgehead atoms. The number of nitrogens with one attached hydrogen (secondary N) is 2. The molecule has 10 N–H and O–H groups in total. The summed E-state index contributed by atoms with van der Waals surface area (Å²) in [6, 6.07) is 2.69. The maximum atomic E-state index is 13.9. The van der Waals surface area contributed by atoms with Crippen LogP contribution in [-0.2, 0) is 54.1 Å². The number of allylic oxidation sites excluding steroid dienone is 2. The maximum absolute atomic E-state index is 13.9. The smallest absolute Gasteiger partial charge is 0.471 e. The normalized spacial score (nSPS) is 29.2. The standard InChI is InChI=1S/C34H36F3NO13.C15H18N4O5/c1-4-5-9-21(40)49-13-20(39)33(47)11-16-24(19(12-33)51-22-10-17(27(41)14(2)50-22)38-32(46)34(35,36)37)31(45)26-25(29(16)43)28(42)15-7-6-8-18(48-3)23(15)30(26)44;1-5-9(16)12(21)8-6(4-24-14(17)22)15(23-2)13-7(18-13)3-19(15)10(8)11(5)20/h6-8,14,17,19,22,27,41,43,45,47H,4-5,9-13H2,1-3H3,(H,38,46);6-7,13,18H,3-4,16H2,1-2H3,(H2,17,22)/t14-,17-,19-,22-,27+,33-;6-,7+,13+,15-/m01/s1. The van der Waals surface area contributed by atoms with Crippen molar-refractivity contribution in [1.29, 1.82) is 0 Å². The number of hydrogen-bond acceptors (Lipinski definition) is 21. The Labute approximate surface area is 424 Å². The summed E-state index contributed by atoms with van der Waals surface area (Å²) < 4.78 is 71.9. The molecule has 23 nitrogen and oxygen atoms in total. The molecule has 9 rings (SSSR count). The van der Waals surface area contributed by atoms with E-state index in [1.54, 1.807) is 5.32 Å². The van der Waals surface area contributed by atoms with E-state index in [0.29, 0.717) is 25.1 Å². The van der Waals surface area contributed by atoms with Gasteiger partial charge in [0.1, 0.15) is 35.6 Å². The van der Waals surface area contributed by atoms with Crippen LogP contribution in [0.3, 0.4) is 0 Å². The van der Waals surface area contributed by atoms with E-state index in [1.165, 1.54) is 46.3 Å². The van der Waals surface area contributed by atoms with E-state index in [0.717, 1.165) is 0 Å². The van der Waals surface area contributed by atoms with E-state index >= 15 is 0 Å². The lowest BCUT2D eigenvalue weighted by Crippen LogP contribution is -2.57. The first kappa shape index (κ1) is 54.3. The molecule has 0 unspecified atom stereocenters. The van der Waals surface area contributed by atoms with Gasteiger partial charge in [0, 0.05) is 73.2 Å². The number of phenolic OH excluding ortho intramolecular Hbond substituents is 2. The molecule has 10 atom stereocenters. The van der Waals surface area contributed by atoms with Gasteiger partial charge in [-0.2, -0.15) is 13.2 Å². The molecular formula is C49H54F3N5O18. The van der Waals surface area contributed by atoms with Gasteiger partial charge in [0.15, 0.2) is 24.4 Å². The number of piperazine rings is 1. The molecule has 26 heteroatoms. The van der Waals surface area contributed by atoms with Crippen LogP contribution in [0.25, 0.3) is 0 Å². The number of ketones is 5. The van der Waals surface area contributed by atoms with Crippen LogP contribution in [0.5, 0.6) is 17.2 Å². The second-order valence-corrected chi connectivity index (χ2v) is 19.1. The number of carbonyl (C=O) groups is 8. The summed E-state index contributed by atoms with van der Waals surface area (Å²) in [6.45, 7) is 4.13. The van der Waals surface area contributed by atoms with Crippen molar-refractivity contribution in [3.63, 3.8) is 0 Å². The summed E-state index contributed by atoms with van der Waals surface area (Å²) in [4.78, 5) is 103. The van der Waals surface area contributed by atoms with Gasteiger partial charge in [-0.25, -0.2) is 4.79 Å². The summed E-state index contributed by atoms with van der Waals surface area (Å²) in [5, 5.41) is 50.5. The van der Waals surface area contributed by atoms with Crippen LogP contribution in [0, 0.1) is 5.92 Å². The number of halogens is 3. The topological polar surface area (TPSA) is 362 Å². The van der Waals surface area contributed by atoms with Gasteiger partial charge >= 0.3 is 24.1 Å². The van der Waals surface area contributed by atoms with Gasteiger partial charge in [-0.05, 0) is 26.3 Å². The molecule has 2 amide bonds. The van der Waals surface area contributed by atoms with E-state index < -0.39 is 144 Å². The van der Waals surface area contributed by atoms with Gasteiger partial charge in [-0.15, -0.1) is 0 Å². The second kappa shape index (κ2) is 20.0. The number of amides is 2. The van der Waals surface area contributed by atoms with Crippen molar-refractivity contribution in [2.45, 2.75) is 120 Å². The van der Waals surface area contributed by atoms with Crippen molar-refractivity contribution in [1.82, 2.24) is 15.5 Å². The van der Waals surface area contributed by atoms with Crippen molar-refractivity contribution in [2.75, 3.05) is 34.0 Å². The fourth-order valence-electron chi connectivity index (χ4n) is 10.9. The summed E-state index contributed by atoms with van der Waals surface area (Å²) in [7, 11) is 2.77. The predicted molar refractivity (Wildman–Crippen MR) is 245 cm³/mol. The third-order valence-corrected chi connectivity index (χ3v) is 14.8. The largest absolute Gasteiger partial charge is 0.507 e. The number of primary amides is 1. The number of unbranched alkanes of at least 4 members (excludes halogenated alkanes) is 1. The first-order valence-electron chi connectivity index (χ1n) is 23.7. The molecule has 3 aliphatic carbocycles. The number of aromatic hydroxyl groups is 2. The van der Waals surface area contributed by atoms with E-state index in [1.807, 2.05) is 11.8 Å². The molecule has 404 valence electrons. The number of nitrogens with two attached hydrogens (primary N) is 2. The summed E-state index contributed by atoms with van der Waals surface area (Å²) >= 11 is 0. The number of alkyl halides is 3. The molecule has 0 radical (unpaired) electrons. The number of benzene rings is 2. The molecule has 4 heterocycles. The van der Waals surface area contributed by atoms with Gasteiger partial charge in [-0.3, -0.25) is 33.6 Å². The highest BCUT2D eigenvalue weighted by Crippen LogP contribution is 2.56. The minimum absolute atomic E-state index is 0.00489. The summed E-state index contributed by atoms with van der Waals surface area (Å²) in [5.74, 6) is -9.00. The highest BCUT2D eigenvalue weighted by Gasteiger charge is 2.72. The predicted octanol–water partition coefficient (Wildman–Crippen LogP) is 0.811. The van der Waals surface area contributed by atoms with Gasteiger partial charge in [0.2, 0.25) is 23.1 Å². The SMILES string of the molecule is CCCCC(=O)OCC(=O)[C@]1(O)Cc2c(O)c3c(c(O)c2[C@@H](O[C@H]2C[C@H](NC(=O)C(F)(F)F)[C@H](O)[C@H](C)O2)C1)C(=O)c1c(OC)cccc1C3=O.CO[C@@]12[C@H](COC(N)=O)C3=C(C(=O)C(C)=C(N)C3=O)N1C[C@@H]1N[C@@H]12. The maximum Gasteiger partial charge on any atom is 0.471 e. The second-order valence-electron chi connectivity index (χ2n) is 19.1. The number of fused-ring (bicyclic) bond motifs is 7. The van der Waals surface area contributed by atoms with Gasteiger partial charge < -0.3 is 75.8 Å². The molecule has 2 aromatic rings. The number of hydrogen-bond donors (Lipinski definition) is 8. The first-order chi connectivity index (χ1) is 35.3. The van der Waals surface area contributed by atoms with Crippen molar-refractivity contribution in [2.24, 2.45) is 17.4 Å². The van der Waals surface area contributed by atoms with Gasteiger partial charge in [-0.1, -0.05) is 25.5 Å². The highest BCUT2D eigenvalue weighted by atomic mass is 19.4. The van der Waals surface area contributed by atoms with Crippen molar-refractivity contribution in [3.8, 4) is 17.2 Å². The molecule has 0 saturated carbocycles. The summed E-state index contributed by atoms with van der Waals surface area (Å²) in [5.41, 5.74) is 5.82. The first-order valence-corrected chi connectivity index (χ1v) is 23.7. The van der Waals surface area contributed by atoms with Crippen molar-refractivity contribution >= 4 is 46.9 Å². The number of esters is 1. The Morgan fingerprint density at radius 2 is 1.69 bits per heavy atom. The zero-order valence-corrected chi connectivity index (χ0v) is 41.0. The average molecular weight is 1060 g/mol. The van der Waals surface area contributed by atoms with Crippen LogP contribution in [0.15, 0.2) is 40.7 Å². The molecule has 3 fully saturated rings. The number of methoxy groups -OCH3 is 2. The fourth-order valence-corrected chi connectivity index (χ4v) is 10.9. The molecule has 2 aromatic carbocycles. The molecule has 75 heavy (non-hydrogen) atoms. The minimum atomic E-state index is -5.29. The van der Waals surface area contributed by atoms with Crippen LogP contribution >= 0.6 is 0 Å². The Morgan fingerprint density at radius 3 is 2.33 bits per heavy atom. The monoisotopic (exact) mass is 1060 g/mol. The number of ether oxygens (including phenoxy) is 6. The number of phenols is 2. The van der Waals surface area contributed by atoms with Gasteiger partial charge in [0.05, 0.1) is 65.4 Å². The lowest BCUT2D eigenvalue weighted by molar-refractivity contribution is -0.250. The van der Waals surface area contributed by atoms with E-state index in [4.69, 9.17) is 39.9 Å². The molecule has 4 aliphatic heterocycles. The van der Waals surface area contributed by atoms with E-state index in [-0.39, 0.29) is 75.7 Å². The molecule has 0 spiro atoms. The molecule has 7 aliphatic rings. The van der Waals surface area contributed by atoms with Crippen molar-refractivity contribution < 1.29 is 100 Å². The lowest BCUT2D eigenvalue weighted by atomic mass is 9.72. The van der Waals surface area contributed by atoms with E-state index in [2.05, 4.69) is 5.32 Å². The highest BCUT2D eigenvalue weighted by molar-refractivity contribution is 6.31. The number of nitrogens with zero attached hydrogens (tertiary/aromatic N) is 1. The Bertz CT molecular complexity index is 2890. The van der Waals surface area contributed by atoms with Crippen molar-refractivity contribution in [3.05, 3.63) is 74.1 Å². The van der Waals surface area contributed by atoms with Crippen LogP contribution in [-0.4, -0.2) is 160 Å². The van der Waals surface area contributed by atoms with Crippen LogP contribution in [0.2, 0.25) is 0 Å². The van der Waals surface area contributed by atoms with Crippen LogP contribution in [0.1, 0.15) is 102 Å². The van der Waals surface area contributed by atoms with Crippen LogP contribution < -0.4 is 26.8 Å². The van der Waals surface area contributed by atoms with E-state index in [9.17, 15) is 72.0 Å². The lowest BCUT2D eigenvalue weighted by Gasteiger charge is -2.43. The van der Waals surface area contributed by atoms with Crippen LogP contribution in [0.4, 0.5) is 18.0 Å². The fraction of sp³-hybridized carbons (Fsp3) is 0.510. The third kappa shape index (κ3) is 9.15. The minimum Gasteiger partial charge on any atom is -0.507 e. The number of aliphatic hydroxyl groups excluding tert-OH is 1. The quantitative estimate of drug-likeness (QED) is 0.0508. The Hall–Kier alpha value is -6.97. The molecule has 0 aromatic heterocycles. The number of Topliss-reactive ketones (excluding diaryl/α,β-unsaturated/α-hetero) is 3. The zero-order valence-electron chi connectivity index (χ0n) is 41.0. The zero-order chi connectivity index (χ0) is 55.0. The number of carbonyl (C=O) groups excluding carboxylic acids is 8. The Balaban J connectivity index is 0.000000257.